The molecular formula is C24H19BrIN3O3. The summed E-state index contributed by atoms with van der Waals surface area (Å²) >= 11 is 5.65. The van der Waals surface area contributed by atoms with Gasteiger partial charge in [-0.3, -0.25) is 14.9 Å². The van der Waals surface area contributed by atoms with Crippen molar-refractivity contribution in [3.05, 3.63) is 84.7 Å². The van der Waals surface area contributed by atoms with Crippen LogP contribution in [0.5, 0.6) is 0 Å². The molecule has 0 bridgehead atoms. The second kappa shape index (κ2) is 8.67. The first kappa shape index (κ1) is 22.5. The second-order valence-electron chi connectivity index (χ2n) is 7.53. The van der Waals surface area contributed by atoms with Crippen molar-refractivity contribution in [2.75, 3.05) is 4.90 Å². The van der Waals surface area contributed by atoms with E-state index in [2.05, 4.69) is 67.5 Å². The Kier molecular flexibility index (Phi) is 6.09. The quantitative estimate of drug-likeness (QED) is 0.246. The molecule has 1 saturated heterocycles. The highest BCUT2D eigenvalue weighted by Crippen LogP contribution is 2.28. The Hall–Kier alpha value is -2.72. The van der Waals surface area contributed by atoms with Crippen LogP contribution < -0.4 is 10.2 Å². The summed E-state index contributed by atoms with van der Waals surface area (Å²) in [4.78, 5) is 39.1. The van der Waals surface area contributed by atoms with Gasteiger partial charge in [0.2, 0.25) is 0 Å². The van der Waals surface area contributed by atoms with Crippen LogP contribution in [0.25, 0.3) is 11.8 Å². The second-order valence-corrected chi connectivity index (χ2v) is 9.61. The van der Waals surface area contributed by atoms with Crippen molar-refractivity contribution in [1.29, 1.82) is 0 Å². The van der Waals surface area contributed by atoms with Gasteiger partial charge in [0.15, 0.2) is 0 Å². The molecule has 2 heterocycles. The Morgan fingerprint density at radius 2 is 1.72 bits per heavy atom. The molecule has 2 aromatic carbocycles. The number of hydrogen-bond donors (Lipinski definition) is 1. The first-order chi connectivity index (χ1) is 15.2. The molecule has 1 aliphatic heterocycles. The fraction of sp³-hybridized carbons (Fsp3) is 0.125. The zero-order valence-electron chi connectivity index (χ0n) is 17.6. The summed E-state index contributed by atoms with van der Waals surface area (Å²) < 4.78 is 3.98. The smallest absolute Gasteiger partial charge is 0.318 e. The third kappa shape index (κ3) is 4.04. The van der Waals surface area contributed by atoms with Gasteiger partial charge in [0, 0.05) is 25.1 Å². The van der Waals surface area contributed by atoms with Gasteiger partial charge in [0.1, 0.15) is 5.57 Å². The molecule has 0 spiro atoms. The number of barbiturate groups is 1. The summed E-state index contributed by atoms with van der Waals surface area (Å²) in [5, 5.41) is 2.27. The highest BCUT2D eigenvalue weighted by molar-refractivity contribution is 14.1. The summed E-state index contributed by atoms with van der Waals surface area (Å²) in [6.07, 6.45) is 1.55. The zero-order chi connectivity index (χ0) is 23.2. The molecule has 0 saturated carbocycles. The number of urea groups is 1. The molecule has 8 heteroatoms. The number of nitrogens with one attached hydrogen (secondary N) is 1. The normalized spacial score (nSPS) is 15.5. The van der Waals surface area contributed by atoms with E-state index in [-0.39, 0.29) is 5.57 Å². The lowest BCUT2D eigenvalue weighted by Crippen LogP contribution is -2.54. The Morgan fingerprint density at radius 3 is 2.41 bits per heavy atom. The van der Waals surface area contributed by atoms with Gasteiger partial charge in [-0.25, -0.2) is 9.69 Å². The monoisotopic (exact) mass is 603 g/mol. The van der Waals surface area contributed by atoms with E-state index < -0.39 is 17.8 Å². The summed E-state index contributed by atoms with van der Waals surface area (Å²) in [5.41, 5.74) is 5.05. The van der Waals surface area contributed by atoms with Crippen molar-refractivity contribution in [1.82, 2.24) is 9.88 Å². The number of carbonyl (C=O) groups is 3. The molecule has 0 radical (unpaired) electrons. The van der Waals surface area contributed by atoms with E-state index in [1.165, 1.54) is 9.13 Å². The Morgan fingerprint density at radius 1 is 0.969 bits per heavy atom. The molecule has 32 heavy (non-hydrogen) atoms. The zero-order valence-corrected chi connectivity index (χ0v) is 21.3. The lowest BCUT2D eigenvalue weighted by molar-refractivity contribution is -0.122. The molecule has 0 atom stereocenters. The largest absolute Gasteiger partial charge is 0.335 e. The number of nitrogens with zero attached hydrogens (tertiary/aromatic N) is 2. The number of carbonyl (C=O) groups excluding carboxylic acids is 3. The Labute approximate surface area is 207 Å². The Balaban J connectivity index is 1.77. The van der Waals surface area contributed by atoms with Gasteiger partial charge in [-0.05, 0) is 103 Å². The van der Waals surface area contributed by atoms with E-state index in [0.717, 1.165) is 32.0 Å². The standard InChI is InChI=1S/C24H19BrIN3O3/c1-13-9-19(7-8-21(13)26)28-14(2)10-16(15(28)3)11-20-22(30)27-24(32)29(23(20)31)18-6-4-5-17(25)12-18/h4-12H,1-3H3,(H,27,30,32)/b20-11-. The predicted octanol–water partition coefficient (Wildman–Crippen LogP) is 5.44. The molecule has 0 aliphatic carbocycles. The van der Waals surface area contributed by atoms with Crippen LogP contribution in [0.1, 0.15) is 22.5 Å². The first-order valence-corrected chi connectivity index (χ1v) is 11.7. The van der Waals surface area contributed by atoms with E-state index in [1.54, 1.807) is 30.3 Å². The van der Waals surface area contributed by atoms with Gasteiger partial charge >= 0.3 is 6.03 Å². The molecule has 4 amide bonds. The fourth-order valence-electron chi connectivity index (χ4n) is 3.76. The molecule has 6 nitrogen and oxygen atoms in total. The minimum Gasteiger partial charge on any atom is -0.318 e. The minimum absolute atomic E-state index is 0.0939. The van der Waals surface area contributed by atoms with Crippen molar-refractivity contribution in [3.8, 4) is 5.69 Å². The van der Waals surface area contributed by atoms with Crippen LogP contribution in [-0.2, 0) is 9.59 Å². The first-order valence-electron chi connectivity index (χ1n) is 9.80. The van der Waals surface area contributed by atoms with Gasteiger partial charge in [-0.1, -0.05) is 22.0 Å². The highest BCUT2D eigenvalue weighted by Gasteiger charge is 2.37. The summed E-state index contributed by atoms with van der Waals surface area (Å²) in [6.45, 7) is 5.97. The maximum Gasteiger partial charge on any atom is 0.335 e. The van der Waals surface area contributed by atoms with Gasteiger partial charge in [0.25, 0.3) is 11.8 Å². The van der Waals surface area contributed by atoms with Gasteiger partial charge in [-0.2, -0.15) is 0 Å². The van der Waals surface area contributed by atoms with Crippen LogP contribution in [0, 0.1) is 24.3 Å². The number of aromatic nitrogens is 1. The number of rotatable bonds is 3. The van der Waals surface area contributed by atoms with E-state index in [0.29, 0.717) is 5.69 Å². The number of benzene rings is 2. The molecule has 162 valence electrons. The minimum atomic E-state index is -0.768. The van der Waals surface area contributed by atoms with Crippen molar-refractivity contribution in [2.24, 2.45) is 0 Å². The van der Waals surface area contributed by atoms with Crippen molar-refractivity contribution >= 4 is 68.1 Å². The summed E-state index contributed by atoms with van der Waals surface area (Å²) in [5.74, 6) is -1.37. The predicted molar refractivity (Wildman–Crippen MR) is 136 cm³/mol. The molecule has 1 aliphatic rings. The third-order valence-corrected chi connectivity index (χ3v) is 7.04. The molecule has 3 aromatic rings. The summed E-state index contributed by atoms with van der Waals surface area (Å²) in [6, 6.07) is 14.2. The Bertz CT molecular complexity index is 1330. The van der Waals surface area contributed by atoms with Gasteiger partial charge < -0.3 is 4.57 Å². The molecule has 0 unspecified atom stereocenters. The number of halogens is 2. The molecular weight excluding hydrogens is 585 g/mol. The number of anilines is 1. The van der Waals surface area contributed by atoms with Crippen LogP contribution in [0.15, 0.2) is 58.6 Å². The molecule has 1 N–H and O–H groups in total. The van der Waals surface area contributed by atoms with Crippen molar-refractivity contribution in [3.63, 3.8) is 0 Å². The van der Waals surface area contributed by atoms with Crippen LogP contribution in [0.3, 0.4) is 0 Å². The third-order valence-electron chi connectivity index (χ3n) is 5.34. The van der Waals surface area contributed by atoms with Crippen molar-refractivity contribution in [2.45, 2.75) is 20.8 Å². The molecule has 1 fully saturated rings. The SMILES string of the molecule is Cc1cc(-n2c(C)cc(/C=C3/C(=O)NC(=O)N(c4cccc(Br)c4)C3=O)c2C)ccc1I. The number of aryl methyl sites for hydroxylation is 2. The number of imide groups is 2. The number of amides is 4. The van der Waals surface area contributed by atoms with Crippen LogP contribution in [-0.4, -0.2) is 22.4 Å². The van der Waals surface area contributed by atoms with Crippen LogP contribution >= 0.6 is 38.5 Å². The lowest BCUT2D eigenvalue weighted by Gasteiger charge is -2.26. The maximum atomic E-state index is 13.2. The highest BCUT2D eigenvalue weighted by atomic mass is 127. The van der Waals surface area contributed by atoms with Gasteiger partial charge in [0.05, 0.1) is 5.69 Å². The average molecular weight is 604 g/mol. The van der Waals surface area contributed by atoms with Crippen molar-refractivity contribution < 1.29 is 14.4 Å². The van der Waals surface area contributed by atoms with E-state index in [9.17, 15) is 14.4 Å². The maximum absolute atomic E-state index is 13.2. The van der Waals surface area contributed by atoms with Gasteiger partial charge in [-0.15, -0.1) is 0 Å². The fourth-order valence-corrected chi connectivity index (χ4v) is 4.48. The lowest BCUT2D eigenvalue weighted by atomic mass is 10.1. The molecule has 1 aromatic heterocycles. The van der Waals surface area contributed by atoms with E-state index in [4.69, 9.17) is 0 Å². The van der Waals surface area contributed by atoms with Crippen LogP contribution in [0.2, 0.25) is 0 Å². The number of hydrogen-bond acceptors (Lipinski definition) is 3. The van der Waals surface area contributed by atoms with Crippen LogP contribution in [0.4, 0.5) is 10.5 Å². The average Bonchev–Trinajstić information content (AvgIpc) is 3.00. The molecule has 4 rings (SSSR count). The topological polar surface area (TPSA) is 71.4 Å². The summed E-state index contributed by atoms with van der Waals surface area (Å²) in [7, 11) is 0. The van der Waals surface area contributed by atoms with E-state index in [1.807, 2.05) is 26.0 Å². The van der Waals surface area contributed by atoms with E-state index >= 15 is 0 Å².